The van der Waals surface area contributed by atoms with Crippen LogP contribution in [0.4, 0.5) is 30.7 Å². The average molecular weight is 623 g/mol. The molecule has 3 rings (SSSR count). The van der Waals surface area contributed by atoms with E-state index in [1.54, 1.807) is 13.8 Å². The van der Waals surface area contributed by atoms with Gasteiger partial charge in [-0.1, -0.05) is 50.5 Å². The highest BCUT2D eigenvalue weighted by Crippen LogP contribution is 2.63. The summed E-state index contributed by atoms with van der Waals surface area (Å²) in [6, 6.07) is 0. The number of rotatable bonds is 7. The molecular weight excluding hydrogens is 577 g/mol. The van der Waals surface area contributed by atoms with Crippen molar-refractivity contribution in [3.63, 3.8) is 0 Å². The highest BCUT2D eigenvalue weighted by atomic mass is 19.4. The van der Waals surface area contributed by atoms with Gasteiger partial charge in [0.2, 0.25) is 0 Å². The topological polar surface area (TPSA) is 60.7 Å². The minimum absolute atomic E-state index is 0.0212. The van der Waals surface area contributed by atoms with Gasteiger partial charge in [-0.2, -0.15) is 26.3 Å². The highest BCUT2D eigenvalue weighted by Gasteiger charge is 2.70. The molecule has 6 atom stereocenters. The molecule has 3 aliphatic carbocycles. The fraction of sp³-hybridized carbons (Fsp3) is 0.758. The van der Waals surface area contributed by atoms with E-state index in [1.807, 2.05) is 19.1 Å². The van der Waals surface area contributed by atoms with Crippen molar-refractivity contribution < 1.29 is 46.1 Å². The number of hydrogen-bond acceptors (Lipinski definition) is 3. The van der Waals surface area contributed by atoms with E-state index >= 15 is 0 Å². The number of hydrogen-bond donors (Lipinski definition) is 3. The molecule has 244 valence electrons. The zero-order valence-electron chi connectivity index (χ0n) is 25.4. The zero-order chi connectivity index (χ0) is 32.6. The number of aliphatic hydroxyl groups excluding tert-OH is 1. The molecule has 0 bridgehead atoms. The van der Waals surface area contributed by atoms with Crippen molar-refractivity contribution in [3.05, 3.63) is 35.5 Å². The Balaban J connectivity index is 1.95. The summed E-state index contributed by atoms with van der Waals surface area (Å²) in [5.74, 6) is 3.28. The second kappa shape index (κ2) is 12.5. The van der Waals surface area contributed by atoms with Crippen LogP contribution in [0, 0.1) is 34.5 Å². The lowest BCUT2D eigenvalue weighted by Gasteiger charge is -2.49. The maximum Gasteiger partial charge on any atom is 0.438 e. The van der Waals surface area contributed by atoms with E-state index in [9.17, 15) is 46.1 Å². The van der Waals surface area contributed by atoms with E-state index in [1.165, 1.54) is 0 Å². The van der Waals surface area contributed by atoms with Gasteiger partial charge >= 0.3 is 18.0 Å². The molecule has 0 aromatic rings. The fourth-order valence-corrected chi connectivity index (χ4v) is 7.81. The highest BCUT2D eigenvalue weighted by molar-refractivity contribution is 5.39. The number of halogens is 7. The maximum atomic E-state index is 14.3. The molecule has 3 aliphatic rings. The molecule has 3 nitrogen and oxygen atoms in total. The van der Waals surface area contributed by atoms with E-state index in [0.29, 0.717) is 43.3 Å². The molecule has 10 heteroatoms. The Morgan fingerprint density at radius 3 is 2.21 bits per heavy atom. The summed E-state index contributed by atoms with van der Waals surface area (Å²) in [6.45, 7) is 11.1. The minimum atomic E-state index is -6.01. The summed E-state index contributed by atoms with van der Waals surface area (Å²) in [6.07, 6.45) is -5.02. The van der Waals surface area contributed by atoms with E-state index in [-0.39, 0.29) is 30.1 Å². The standard InChI is InChI=1S/C33H45F7O3/c1-21-23(19-24(41)20-26(21)34)11-10-22-9-6-17-30(5)25(22)12-13-27(30)29(4,15-7-14-28(2,3)42)16-8-18-31(43,32(35,36)37)33(38,39)40/h10-11,24-27,41-43H,1,6-7,9,12-17,19-20H2,2-5H3/t24-,25?,26+,27-,29?,30+/m1/s1. The summed E-state index contributed by atoms with van der Waals surface area (Å²) in [5, 5.41) is 29.9. The van der Waals surface area contributed by atoms with Gasteiger partial charge in [-0.3, -0.25) is 0 Å². The van der Waals surface area contributed by atoms with Gasteiger partial charge in [0.05, 0.1) is 11.7 Å². The number of aliphatic hydroxyl groups is 3. The first-order chi connectivity index (χ1) is 19.5. The summed E-state index contributed by atoms with van der Waals surface area (Å²) in [4.78, 5) is 0. The lowest BCUT2D eigenvalue weighted by Crippen LogP contribution is -2.55. The largest absolute Gasteiger partial charge is 0.438 e. The third kappa shape index (κ3) is 7.70. The first kappa shape index (κ1) is 35.6. The van der Waals surface area contributed by atoms with Crippen LogP contribution < -0.4 is 0 Å². The summed E-state index contributed by atoms with van der Waals surface area (Å²) < 4.78 is 94.1. The normalized spacial score (nSPS) is 32.4. The van der Waals surface area contributed by atoms with Crippen LogP contribution in [0.3, 0.4) is 0 Å². The molecule has 0 aromatic heterocycles. The maximum absolute atomic E-state index is 14.3. The lowest BCUT2D eigenvalue weighted by molar-refractivity contribution is -0.343. The van der Waals surface area contributed by atoms with Crippen LogP contribution in [0.25, 0.3) is 0 Å². The van der Waals surface area contributed by atoms with Gasteiger partial charge in [0.15, 0.2) is 0 Å². The van der Waals surface area contributed by atoms with Crippen LogP contribution >= 0.6 is 0 Å². The Morgan fingerprint density at radius 2 is 1.63 bits per heavy atom. The Bertz CT molecular complexity index is 1140. The van der Waals surface area contributed by atoms with Crippen molar-refractivity contribution in [2.24, 2.45) is 22.7 Å². The molecule has 0 amide bonds. The van der Waals surface area contributed by atoms with Gasteiger partial charge in [-0.05, 0) is 105 Å². The molecule has 3 fully saturated rings. The van der Waals surface area contributed by atoms with Crippen LogP contribution in [-0.4, -0.2) is 51.1 Å². The number of allylic oxidation sites excluding steroid dienone is 4. The predicted molar refractivity (Wildman–Crippen MR) is 151 cm³/mol. The van der Waals surface area contributed by atoms with Crippen molar-refractivity contribution in [3.8, 4) is 11.8 Å². The monoisotopic (exact) mass is 622 g/mol. The number of fused-ring (bicyclic) bond motifs is 1. The predicted octanol–water partition coefficient (Wildman–Crippen LogP) is 8.30. The van der Waals surface area contributed by atoms with Crippen LogP contribution in [0.5, 0.6) is 0 Å². The molecule has 0 saturated heterocycles. The second-order valence-electron chi connectivity index (χ2n) is 14.1. The summed E-state index contributed by atoms with van der Waals surface area (Å²) >= 11 is 0. The molecule has 2 unspecified atom stereocenters. The fourth-order valence-electron chi connectivity index (χ4n) is 7.81. The minimum Gasteiger partial charge on any atom is -0.393 e. The third-order valence-corrected chi connectivity index (χ3v) is 10.1. The van der Waals surface area contributed by atoms with Gasteiger partial charge in [-0.25, -0.2) is 4.39 Å². The SMILES string of the molecule is C=C1C(=CC=C2CCC[C@@]3(C)C2CC[C@@H]3C(C)(CC#CC(O)(C(F)(F)F)C(F)(F)F)CCCC(C)(C)O)C[C@@H](O)C[C@@H]1F. The van der Waals surface area contributed by atoms with Gasteiger partial charge in [-0.15, -0.1) is 0 Å². The molecule has 0 radical (unpaired) electrons. The number of alkyl halides is 7. The van der Waals surface area contributed by atoms with Gasteiger partial charge in [0, 0.05) is 12.8 Å². The molecule has 3 N–H and O–H groups in total. The molecule has 0 spiro atoms. The Hall–Kier alpha value is -1.83. The van der Waals surface area contributed by atoms with Crippen LogP contribution in [0.2, 0.25) is 0 Å². The first-order valence-electron chi connectivity index (χ1n) is 15.0. The van der Waals surface area contributed by atoms with Gasteiger partial charge in [0.1, 0.15) is 6.17 Å². The van der Waals surface area contributed by atoms with Crippen molar-refractivity contribution in [2.75, 3.05) is 0 Å². The molecular formula is C33H45F7O3. The smallest absolute Gasteiger partial charge is 0.393 e. The van der Waals surface area contributed by atoms with E-state index in [0.717, 1.165) is 37.2 Å². The van der Waals surface area contributed by atoms with Crippen molar-refractivity contribution in [1.82, 2.24) is 0 Å². The molecule has 0 heterocycles. The Kier molecular flexibility index (Phi) is 10.4. The summed E-state index contributed by atoms with van der Waals surface area (Å²) in [7, 11) is 0. The molecule has 3 saturated carbocycles. The van der Waals surface area contributed by atoms with Crippen molar-refractivity contribution >= 4 is 0 Å². The third-order valence-electron chi connectivity index (χ3n) is 10.1. The summed E-state index contributed by atoms with van der Waals surface area (Å²) in [5.41, 5.74) is -5.05. The molecule has 0 aliphatic heterocycles. The first-order valence-corrected chi connectivity index (χ1v) is 15.0. The van der Waals surface area contributed by atoms with Crippen molar-refractivity contribution in [2.45, 2.75) is 134 Å². The molecule has 43 heavy (non-hydrogen) atoms. The van der Waals surface area contributed by atoms with E-state index in [2.05, 4.69) is 19.4 Å². The van der Waals surface area contributed by atoms with Gasteiger partial charge < -0.3 is 15.3 Å². The van der Waals surface area contributed by atoms with Crippen LogP contribution in [0.15, 0.2) is 35.5 Å². The zero-order valence-corrected chi connectivity index (χ0v) is 25.4. The second-order valence-corrected chi connectivity index (χ2v) is 14.1. The lowest BCUT2D eigenvalue weighted by atomic mass is 9.55. The van der Waals surface area contributed by atoms with E-state index in [4.69, 9.17) is 0 Å². The van der Waals surface area contributed by atoms with E-state index < -0.39 is 41.2 Å². The quantitative estimate of drug-likeness (QED) is 0.198. The molecule has 0 aromatic carbocycles. The Morgan fingerprint density at radius 1 is 1.00 bits per heavy atom. The Labute approximate surface area is 250 Å². The van der Waals surface area contributed by atoms with Gasteiger partial charge in [0.25, 0.3) is 0 Å². The van der Waals surface area contributed by atoms with Crippen LogP contribution in [-0.2, 0) is 0 Å². The van der Waals surface area contributed by atoms with Crippen molar-refractivity contribution in [1.29, 1.82) is 0 Å². The average Bonchev–Trinajstić information content (AvgIpc) is 3.21. The van der Waals surface area contributed by atoms with Crippen LogP contribution in [0.1, 0.15) is 98.3 Å².